The van der Waals surface area contributed by atoms with Crippen LogP contribution in [0.25, 0.3) is 0 Å². The number of thioether (sulfide) groups is 1. The number of amides is 2. The van der Waals surface area contributed by atoms with Gasteiger partial charge in [0.15, 0.2) is 0 Å². The summed E-state index contributed by atoms with van der Waals surface area (Å²) in [5.74, 6) is -0.274. The van der Waals surface area contributed by atoms with E-state index in [1.807, 2.05) is 18.9 Å². The summed E-state index contributed by atoms with van der Waals surface area (Å²) >= 11 is 1.32. The molecule has 0 aromatic heterocycles. The van der Waals surface area contributed by atoms with Gasteiger partial charge in [0.1, 0.15) is 5.82 Å². The molecule has 2 amide bonds. The highest BCUT2D eigenvalue weighted by Crippen LogP contribution is 2.18. The lowest BCUT2D eigenvalue weighted by Gasteiger charge is -2.34. The lowest BCUT2D eigenvalue weighted by atomic mass is 10.1. The maximum atomic E-state index is 12.8. The molecule has 2 atom stereocenters. The van der Waals surface area contributed by atoms with E-state index in [1.165, 1.54) is 36.0 Å². The van der Waals surface area contributed by atoms with E-state index in [0.29, 0.717) is 11.7 Å². The van der Waals surface area contributed by atoms with Crippen LogP contribution in [0.2, 0.25) is 0 Å². The van der Waals surface area contributed by atoms with Crippen LogP contribution < -0.4 is 10.6 Å². The maximum Gasteiger partial charge on any atom is 0.235 e. The minimum atomic E-state index is -0.344. The van der Waals surface area contributed by atoms with E-state index in [-0.39, 0.29) is 28.6 Å². The highest BCUT2D eigenvalue weighted by Gasteiger charge is 2.26. The van der Waals surface area contributed by atoms with Gasteiger partial charge < -0.3 is 15.5 Å². The van der Waals surface area contributed by atoms with Gasteiger partial charge in [-0.1, -0.05) is 0 Å². The molecule has 1 aromatic carbocycles. The predicted octanol–water partition coefficient (Wildman–Crippen LogP) is 2.10. The zero-order valence-corrected chi connectivity index (χ0v) is 14.9. The molecule has 2 unspecified atom stereocenters. The summed E-state index contributed by atoms with van der Waals surface area (Å²) in [6.07, 6.45) is 2.08. The molecule has 1 aromatic rings. The van der Waals surface area contributed by atoms with Crippen molar-refractivity contribution in [2.45, 2.75) is 31.1 Å². The molecule has 1 fully saturated rings. The van der Waals surface area contributed by atoms with Crippen LogP contribution >= 0.6 is 11.8 Å². The van der Waals surface area contributed by atoms with Crippen LogP contribution in [0.1, 0.15) is 19.8 Å². The van der Waals surface area contributed by atoms with Crippen LogP contribution in [-0.4, -0.2) is 53.9 Å². The Kier molecular flexibility index (Phi) is 7.05. The second-order valence-electron chi connectivity index (χ2n) is 5.92. The number of anilines is 1. The minimum Gasteiger partial charge on any atom is -0.340 e. The third kappa shape index (κ3) is 5.49. The molecule has 2 N–H and O–H groups in total. The van der Waals surface area contributed by atoms with Gasteiger partial charge in [-0.25, -0.2) is 4.39 Å². The Morgan fingerprint density at radius 1 is 1.38 bits per heavy atom. The van der Waals surface area contributed by atoms with Gasteiger partial charge in [-0.3, -0.25) is 9.59 Å². The number of hydrogen-bond donors (Lipinski definition) is 2. The summed E-state index contributed by atoms with van der Waals surface area (Å²) < 4.78 is 12.8. The van der Waals surface area contributed by atoms with E-state index in [2.05, 4.69) is 10.6 Å². The molecule has 1 aliphatic rings. The summed E-state index contributed by atoms with van der Waals surface area (Å²) in [4.78, 5) is 26.3. The number of carbonyl (C=O) groups is 2. The SMILES string of the molecule is CNC1CCCN(C(=O)C(C)SCC(=O)Nc2ccc(F)cc2)C1. The Morgan fingerprint density at radius 3 is 2.75 bits per heavy atom. The molecule has 24 heavy (non-hydrogen) atoms. The van der Waals surface area contributed by atoms with Crippen molar-refractivity contribution in [1.29, 1.82) is 0 Å². The Balaban J connectivity index is 1.77. The van der Waals surface area contributed by atoms with Crippen molar-refractivity contribution in [3.8, 4) is 0 Å². The zero-order chi connectivity index (χ0) is 17.5. The molecule has 7 heteroatoms. The Hall–Kier alpha value is -1.60. The van der Waals surface area contributed by atoms with Gasteiger partial charge in [-0.15, -0.1) is 11.8 Å². The summed E-state index contributed by atoms with van der Waals surface area (Å²) in [6, 6.07) is 5.96. The number of nitrogens with zero attached hydrogens (tertiary/aromatic N) is 1. The van der Waals surface area contributed by atoms with E-state index in [0.717, 1.165) is 25.9 Å². The van der Waals surface area contributed by atoms with Crippen LogP contribution in [0.3, 0.4) is 0 Å². The third-order valence-electron chi connectivity index (χ3n) is 4.08. The van der Waals surface area contributed by atoms with Crippen LogP contribution in [0.5, 0.6) is 0 Å². The monoisotopic (exact) mass is 353 g/mol. The lowest BCUT2D eigenvalue weighted by Crippen LogP contribution is -2.49. The van der Waals surface area contributed by atoms with Gasteiger partial charge in [-0.2, -0.15) is 0 Å². The van der Waals surface area contributed by atoms with E-state index >= 15 is 0 Å². The quantitative estimate of drug-likeness (QED) is 0.822. The summed E-state index contributed by atoms with van der Waals surface area (Å²) in [7, 11) is 1.91. The normalized spacial score (nSPS) is 19.0. The van der Waals surface area contributed by atoms with Gasteiger partial charge in [0.25, 0.3) is 0 Å². The van der Waals surface area contributed by atoms with Crippen molar-refractivity contribution in [3.05, 3.63) is 30.1 Å². The highest BCUT2D eigenvalue weighted by molar-refractivity contribution is 8.01. The van der Waals surface area contributed by atoms with Crippen molar-refractivity contribution >= 4 is 29.3 Å². The predicted molar refractivity (Wildman–Crippen MR) is 95.6 cm³/mol. The lowest BCUT2D eigenvalue weighted by molar-refractivity contribution is -0.131. The van der Waals surface area contributed by atoms with E-state index in [1.54, 1.807) is 0 Å². The number of halogens is 1. The molecule has 1 aliphatic heterocycles. The molecule has 132 valence electrons. The first-order valence-corrected chi connectivity index (χ1v) is 9.17. The van der Waals surface area contributed by atoms with Crippen molar-refractivity contribution in [1.82, 2.24) is 10.2 Å². The number of benzene rings is 1. The molecule has 0 aliphatic carbocycles. The fourth-order valence-electron chi connectivity index (χ4n) is 2.67. The van der Waals surface area contributed by atoms with Crippen LogP contribution in [-0.2, 0) is 9.59 Å². The topological polar surface area (TPSA) is 61.4 Å². The molecule has 0 saturated carbocycles. The zero-order valence-electron chi connectivity index (χ0n) is 14.0. The Morgan fingerprint density at radius 2 is 2.08 bits per heavy atom. The van der Waals surface area contributed by atoms with Crippen LogP contribution in [0, 0.1) is 5.82 Å². The van der Waals surface area contributed by atoms with Crippen molar-refractivity contribution in [3.63, 3.8) is 0 Å². The number of likely N-dealkylation sites (N-methyl/N-ethyl adjacent to an activating group) is 1. The number of carbonyl (C=O) groups excluding carboxylic acids is 2. The molecule has 0 bridgehead atoms. The molecule has 0 radical (unpaired) electrons. The standard InChI is InChI=1S/C17H24FN3O2S/c1-12(17(23)21-9-3-4-15(10-21)19-2)24-11-16(22)20-14-7-5-13(18)6-8-14/h5-8,12,15,19H,3-4,9-11H2,1-2H3,(H,20,22). The molecule has 2 rings (SSSR count). The number of likely N-dealkylation sites (tertiary alicyclic amines) is 1. The molecule has 1 saturated heterocycles. The second kappa shape index (κ2) is 9.03. The van der Waals surface area contributed by atoms with Crippen molar-refractivity contribution in [2.75, 3.05) is 31.2 Å². The van der Waals surface area contributed by atoms with Gasteiger partial charge in [-0.05, 0) is 51.1 Å². The Bertz CT molecular complexity index is 567. The number of nitrogens with one attached hydrogen (secondary N) is 2. The first kappa shape index (κ1) is 18.7. The molecule has 0 spiro atoms. The molecular weight excluding hydrogens is 329 g/mol. The van der Waals surface area contributed by atoms with Crippen molar-refractivity contribution < 1.29 is 14.0 Å². The Labute approximate surface area is 146 Å². The first-order valence-electron chi connectivity index (χ1n) is 8.12. The average Bonchev–Trinajstić information content (AvgIpc) is 2.61. The average molecular weight is 353 g/mol. The maximum absolute atomic E-state index is 12.8. The summed E-state index contributed by atoms with van der Waals surface area (Å²) in [5.41, 5.74) is 0.550. The number of hydrogen-bond acceptors (Lipinski definition) is 4. The smallest absolute Gasteiger partial charge is 0.235 e. The van der Waals surface area contributed by atoms with Gasteiger partial charge in [0.05, 0.1) is 11.0 Å². The fraction of sp³-hybridized carbons (Fsp3) is 0.529. The summed E-state index contributed by atoms with van der Waals surface area (Å²) in [5, 5.41) is 5.65. The second-order valence-corrected chi connectivity index (χ2v) is 7.25. The van der Waals surface area contributed by atoms with E-state index < -0.39 is 0 Å². The highest BCUT2D eigenvalue weighted by atomic mass is 32.2. The number of piperidine rings is 1. The fourth-order valence-corrected chi connectivity index (χ4v) is 3.44. The molecule has 5 nitrogen and oxygen atoms in total. The largest absolute Gasteiger partial charge is 0.340 e. The van der Waals surface area contributed by atoms with Crippen molar-refractivity contribution in [2.24, 2.45) is 0 Å². The molecule has 1 heterocycles. The van der Waals surface area contributed by atoms with Gasteiger partial charge in [0, 0.05) is 24.8 Å². The van der Waals surface area contributed by atoms with E-state index in [9.17, 15) is 14.0 Å². The number of rotatable bonds is 6. The van der Waals surface area contributed by atoms with Gasteiger partial charge in [0.2, 0.25) is 11.8 Å². The first-order chi connectivity index (χ1) is 11.5. The van der Waals surface area contributed by atoms with Crippen LogP contribution in [0.15, 0.2) is 24.3 Å². The van der Waals surface area contributed by atoms with Crippen LogP contribution in [0.4, 0.5) is 10.1 Å². The van der Waals surface area contributed by atoms with Gasteiger partial charge >= 0.3 is 0 Å². The minimum absolute atomic E-state index is 0.0783. The van der Waals surface area contributed by atoms with E-state index in [4.69, 9.17) is 0 Å². The molecular formula is C17H24FN3O2S. The summed E-state index contributed by atoms with van der Waals surface area (Å²) in [6.45, 7) is 3.34. The third-order valence-corrected chi connectivity index (χ3v) is 5.21.